The number of aliphatic hydroxyl groups is 1. The van der Waals surface area contributed by atoms with E-state index in [0.717, 1.165) is 43.1 Å². The molecule has 37 heavy (non-hydrogen) atoms. The van der Waals surface area contributed by atoms with Crippen LogP contribution in [-0.2, 0) is 4.74 Å². The number of amides is 2. The van der Waals surface area contributed by atoms with Gasteiger partial charge in [0.05, 0.1) is 18.8 Å². The van der Waals surface area contributed by atoms with Gasteiger partial charge in [-0.2, -0.15) is 0 Å². The lowest BCUT2D eigenvalue weighted by molar-refractivity contribution is -0.0750. The summed E-state index contributed by atoms with van der Waals surface area (Å²) in [4.78, 5) is 30.2. The summed E-state index contributed by atoms with van der Waals surface area (Å²) in [5.41, 5.74) is 1.25. The molecule has 5 rings (SSSR count). The Morgan fingerprint density at radius 2 is 1.62 bits per heavy atom. The SMILES string of the molecule is CC(C)[C@H]1CC[C@H](C)C[C@H]1OC[C@H](O)CN1CCC(CN2C(=O)c3cccc4cccc(c34)C2=O)CC1. The summed E-state index contributed by atoms with van der Waals surface area (Å²) < 4.78 is 6.27. The van der Waals surface area contributed by atoms with Gasteiger partial charge in [0.15, 0.2) is 0 Å². The Labute approximate surface area is 221 Å². The van der Waals surface area contributed by atoms with Crippen LogP contribution in [-0.4, -0.2) is 71.7 Å². The summed E-state index contributed by atoms with van der Waals surface area (Å²) in [5, 5.41) is 12.4. The van der Waals surface area contributed by atoms with Gasteiger partial charge < -0.3 is 14.7 Å². The molecule has 3 aliphatic rings. The summed E-state index contributed by atoms with van der Waals surface area (Å²) in [7, 11) is 0. The number of carbonyl (C=O) groups excluding carboxylic acids is 2. The van der Waals surface area contributed by atoms with Crippen molar-refractivity contribution in [3.05, 3.63) is 47.5 Å². The van der Waals surface area contributed by atoms with E-state index in [1.807, 2.05) is 36.4 Å². The zero-order chi connectivity index (χ0) is 26.1. The van der Waals surface area contributed by atoms with Gasteiger partial charge >= 0.3 is 0 Å². The predicted octanol–water partition coefficient (Wildman–Crippen LogP) is 4.99. The summed E-state index contributed by atoms with van der Waals surface area (Å²) in [6.07, 6.45) is 5.15. The third-order valence-electron chi connectivity index (χ3n) is 8.94. The first kappa shape index (κ1) is 26.3. The van der Waals surface area contributed by atoms with Crippen molar-refractivity contribution < 1.29 is 19.4 Å². The average molecular weight is 507 g/mol. The Kier molecular flexibility index (Phi) is 7.99. The van der Waals surface area contributed by atoms with Gasteiger partial charge in [-0.05, 0) is 80.0 Å². The van der Waals surface area contributed by atoms with E-state index >= 15 is 0 Å². The number of nitrogens with zero attached hydrogens (tertiary/aromatic N) is 2. The van der Waals surface area contributed by atoms with Crippen molar-refractivity contribution >= 4 is 22.6 Å². The molecule has 0 unspecified atom stereocenters. The summed E-state index contributed by atoms with van der Waals surface area (Å²) in [6, 6.07) is 11.3. The van der Waals surface area contributed by atoms with Gasteiger partial charge in [0.1, 0.15) is 0 Å². The minimum absolute atomic E-state index is 0.180. The van der Waals surface area contributed by atoms with Crippen molar-refractivity contribution in [2.45, 2.75) is 65.1 Å². The molecule has 2 aliphatic heterocycles. The molecule has 1 saturated carbocycles. The van der Waals surface area contributed by atoms with Crippen molar-refractivity contribution in [2.75, 3.05) is 32.8 Å². The molecule has 0 bridgehead atoms. The second-order valence-electron chi connectivity index (χ2n) is 12.0. The molecule has 2 aromatic carbocycles. The molecule has 1 N–H and O–H groups in total. The third-order valence-corrected chi connectivity index (χ3v) is 8.94. The number of ether oxygens (including phenoxy) is 1. The van der Waals surface area contributed by atoms with Gasteiger partial charge in [0.2, 0.25) is 0 Å². The normalized spacial score (nSPS) is 26.3. The Morgan fingerprint density at radius 1 is 0.973 bits per heavy atom. The van der Waals surface area contributed by atoms with Crippen LogP contribution in [0.3, 0.4) is 0 Å². The Hall–Kier alpha value is -2.28. The van der Waals surface area contributed by atoms with Gasteiger partial charge in [-0.3, -0.25) is 14.5 Å². The monoisotopic (exact) mass is 506 g/mol. The number of rotatable bonds is 8. The van der Waals surface area contributed by atoms with Crippen LogP contribution < -0.4 is 0 Å². The molecule has 2 amide bonds. The van der Waals surface area contributed by atoms with E-state index < -0.39 is 6.10 Å². The molecular weight excluding hydrogens is 464 g/mol. The van der Waals surface area contributed by atoms with Gasteiger partial charge in [-0.15, -0.1) is 0 Å². The molecule has 0 spiro atoms. The lowest BCUT2D eigenvalue weighted by Gasteiger charge is -2.38. The number of hydrogen-bond acceptors (Lipinski definition) is 5. The maximum atomic E-state index is 13.2. The van der Waals surface area contributed by atoms with Crippen LogP contribution in [0.25, 0.3) is 10.8 Å². The van der Waals surface area contributed by atoms with Crippen LogP contribution in [0.15, 0.2) is 36.4 Å². The van der Waals surface area contributed by atoms with Crippen LogP contribution >= 0.6 is 0 Å². The first-order valence-electron chi connectivity index (χ1n) is 14.2. The van der Waals surface area contributed by atoms with Crippen molar-refractivity contribution in [2.24, 2.45) is 23.7 Å². The average Bonchev–Trinajstić information content (AvgIpc) is 2.89. The van der Waals surface area contributed by atoms with E-state index in [-0.39, 0.29) is 23.8 Å². The van der Waals surface area contributed by atoms with Crippen LogP contribution in [0.4, 0.5) is 0 Å². The summed E-state index contributed by atoms with van der Waals surface area (Å²) in [5.74, 6) is 1.79. The topological polar surface area (TPSA) is 70.1 Å². The third kappa shape index (κ3) is 5.62. The standard InChI is InChI=1S/C31H42N2O4/c1-20(2)25-11-10-21(3)16-28(25)37-19-24(34)18-32-14-12-22(13-15-32)17-33-30(35)26-8-4-6-23-7-5-9-27(29(23)26)31(33)36/h4-9,20-22,24-25,28,34H,10-19H2,1-3H3/t21-,24+,25+,28+/m0/s1. The van der Waals surface area contributed by atoms with Gasteiger partial charge in [-0.1, -0.05) is 51.5 Å². The van der Waals surface area contributed by atoms with E-state index in [9.17, 15) is 14.7 Å². The van der Waals surface area contributed by atoms with Crippen LogP contribution in [0, 0.1) is 23.7 Å². The number of piperidine rings is 1. The Morgan fingerprint density at radius 3 is 2.24 bits per heavy atom. The van der Waals surface area contributed by atoms with Crippen molar-refractivity contribution in [3.63, 3.8) is 0 Å². The highest BCUT2D eigenvalue weighted by Crippen LogP contribution is 2.35. The van der Waals surface area contributed by atoms with E-state index in [1.54, 1.807) is 0 Å². The predicted molar refractivity (Wildman–Crippen MR) is 146 cm³/mol. The lowest BCUT2D eigenvalue weighted by Crippen LogP contribution is -2.46. The van der Waals surface area contributed by atoms with Crippen LogP contribution in [0.1, 0.15) is 73.6 Å². The largest absolute Gasteiger partial charge is 0.389 e. The number of carbonyl (C=O) groups is 2. The first-order chi connectivity index (χ1) is 17.8. The highest BCUT2D eigenvalue weighted by molar-refractivity contribution is 6.25. The molecule has 2 aromatic rings. The van der Waals surface area contributed by atoms with Crippen molar-refractivity contribution in [1.82, 2.24) is 9.80 Å². The first-order valence-corrected chi connectivity index (χ1v) is 14.2. The number of hydrogen-bond donors (Lipinski definition) is 1. The second kappa shape index (κ2) is 11.2. The van der Waals surface area contributed by atoms with E-state index in [2.05, 4.69) is 25.7 Å². The highest BCUT2D eigenvalue weighted by atomic mass is 16.5. The maximum Gasteiger partial charge on any atom is 0.261 e. The number of aliphatic hydroxyl groups excluding tert-OH is 1. The molecule has 0 aromatic heterocycles. The fourth-order valence-corrected chi connectivity index (χ4v) is 6.75. The highest BCUT2D eigenvalue weighted by Gasteiger charge is 2.35. The molecule has 200 valence electrons. The number of imide groups is 1. The number of likely N-dealkylation sites (tertiary alicyclic amines) is 1. The van der Waals surface area contributed by atoms with Crippen molar-refractivity contribution in [1.29, 1.82) is 0 Å². The second-order valence-corrected chi connectivity index (χ2v) is 12.0. The lowest BCUT2D eigenvalue weighted by atomic mass is 9.75. The van der Waals surface area contributed by atoms with E-state index in [4.69, 9.17) is 4.74 Å². The summed E-state index contributed by atoms with van der Waals surface area (Å²) in [6.45, 7) is 10.0. The molecule has 6 heteroatoms. The van der Waals surface area contributed by atoms with Gasteiger partial charge in [0, 0.05) is 29.6 Å². The van der Waals surface area contributed by atoms with Crippen LogP contribution in [0.2, 0.25) is 0 Å². The quantitative estimate of drug-likeness (QED) is 0.511. The zero-order valence-corrected chi connectivity index (χ0v) is 22.6. The van der Waals surface area contributed by atoms with Crippen LogP contribution in [0.5, 0.6) is 0 Å². The Bertz CT molecular complexity index is 1070. The van der Waals surface area contributed by atoms with E-state index in [0.29, 0.717) is 48.6 Å². The van der Waals surface area contributed by atoms with Gasteiger partial charge in [0.25, 0.3) is 11.8 Å². The smallest absolute Gasteiger partial charge is 0.261 e. The van der Waals surface area contributed by atoms with Crippen molar-refractivity contribution in [3.8, 4) is 0 Å². The molecule has 2 fully saturated rings. The minimum Gasteiger partial charge on any atom is -0.389 e. The number of benzene rings is 2. The van der Waals surface area contributed by atoms with Gasteiger partial charge in [-0.25, -0.2) is 0 Å². The molecule has 1 saturated heterocycles. The summed E-state index contributed by atoms with van der Waals surface area (Å²) >= 11 is 0. The number of β-amino-alcohol motifs (C(OH)–C–C–N with tert-alkyl or cyclic N) is 1. The van der Waals surface area contributed by atoms with E-state index in [1.165, 1.54) is 17.7 Å². The maximum absolute atomic E-state index is 13.2. The Balaban J connectivity index is 1.11. The fraction of sp³-hybridized carbons (Fsp3) is 0.613. The molecule has 4 atom stereocenters. The fourth-order valence-electron chi connectivity index (χ4n) is 6.75. The molecule has 2 heterocycles. The molecule has 0 radical (unpaired) electrons. The zero-order valence-electron chi connectivity index (χ0n) is 22.6. The molecule has 6 nitrogen and oxygen atoms in total. The molecular formula is C31H42N2O4. The molecule has 1 aliphatic carbocycles. The minimum atomic E-state index is -0.496.